The number of aromatic nitrogens is 1. The van der Waals surface area contributed by atoms with Crippen molar-refractivity contribution < 1.29 is 0 Å². The Hall–Kier alpha value is -0.940. The van der Waals surface area contributed by atoms with E-state index in [2.05, 4.69) is 45.6 Å². The van der Waals surface area contributed by atoms with E-state index in [1.165, 1.54) is 10.6 Å². The smallest absolute Gasteiger partial charge is 0.107 e. The lowest BCUT2D eigenvalue weighted by molar-refractivity contribution is 0.276. The van der Waals surface area contributed by atoms with Gasteiger partial charge in [-0.2, -0.15) is 0 Å². The first kappa shape index (κ1) is 17.1. The predicted molar refractivity (Wildman–Crippen MR) is 88.6 cm³/mol. The summed E-state index contributed by atoms with van der Waals surface area (Å²) < 4.78 is 0. The van der Waals surface area contributed by atoms with E-state index in [-0.39, 0.29) is 12.4 Å². The Labute approximate surface area is 131 Å². The number of rotatable bonds is 7. The number of thiazole rings is 1. The first-order valence-electron chi connectivity index (χ1n) is 6.65. The highest BCUT2D eigenvalue weighted by atomic mass is 35.5. The Balaban J connectivity index is 0.00000200. The number of benzene rings is 1. The largest absolute Gasteiger partial charge is 0.329 e. The quantitative estimate of drug-likeness (QED) is 0.855. The van der Waals surface area contributed by atoms with Crippen LogP contribution < -0.4 is 5.73 Å². The second-order valence-electron chi connectivity index (χ2n) is 4.68. The Bertz CT molecular complexity index is 487. The van der Waals surface area contributed by atoms with Gasteiger partial charge in [0.2, 0.25) is 0 Å². The summed E-state index contributed by atoms with van der Waals surface area (Å²) in [6, 6.07) is 10.6. The number of halogens is 1. The number of hydrogen-bond donors (Lipinski definition) is 1. The van der Waals surface area contributed by atoms with Crippen LogP contribution in [0.25, 0.3) is 0 Å². The summed E-state index contributed by atoms with van der Waals surface area (Å²) in [5.74, 6) is 0. The van der Waals surface area contributed by atoms with E-state index in [1.807, 2.05) is 6.92 Å². The molecule has 0 amide bonds. The molecule has 1 heterocycles. The molecule has 2 aromatic rings. The second-order valence-corrected chi connectivity index (χ2v) is 5.63. The van der Waals surface area contributed by atoms with Gasteiger partial charge in [-0.25, -0.2) is 4.98 Å². The van der Waals surface area contributed by atoms with Crippen LogP contribution >= 0.6 is 23.7 Å². The molecule has 0 spiro atoms. The molecule has 0 saturated heterocycles. The molecule has 0 aliphatic rings. The lowest BCUT2D eigenvalue weighted by atomic mass is 10.1. The van der Waals surface area contributed by atoms with Crippen molar-refractivity contribution in [3.05, 3.63) is 52.0 Å². The van der Waals surface area contributed by atoms with Crippen LogP contribution in [0, 0.1) is 6.92 Å². The maximum atomic E-state index is 5.70. The maximum absolute atomic E-state index is 5.70. The van der Waals surface area contributed by atoms with Crippen LogP contribution in [0.1, 0.15) is 16.3 Å². The average molecular weight is 312 g/mol. The molecule has 0 aliphatic heterocycles. The van der Waals surface area contributed by atoms with Crippen LogP contribution in [-0.2, 0) is 13.0 Å². The zero-order valence-electron chi connectivity index (χ0n) is 11.8. The highest BCUT2D eigenvalue weighted by molar-refractivity contribution is 7.09. The van der Waals surface area contributed by atoms with E-state index in [0.29, 0.717) is 6.54 Å². The lowest BCUT2D eigenvalue weighted by Gasteiger charge is -2.20. The topological polar surface area (TPSA) is 42.1 Å². The fourth-order valence-electron chi connectivity index (χ4n) is 2.05. The standard InChI is InChI=1S/C15H21N3S.ClH/c1-13-12-19-15(17-13)11-18(10-8-16)9-7-14-5-3-2-4-6-14;/h2-6,12H,7-11,16H2,1H3;1H. The molecule has 110 valence electrons. The number of hydrogen-bond acceptors (Lipinski definition) is 4. The van der Waals surface area contributed by atoms with E-state index >= 15 is 0 Å². The molecule has 0 bridgehead atoms. The van der Waals surface area contributed by atoms with Gasteiger partial charge in [-0.05, 0) is 18.9 Å². The first-order valence-corrected chi connectivity index (χ1v) is 7.53. The SMILES string of the molecule is Cc1csc(CN(CCN)CCc2ccccc2)n1.Cl. The zero-order chi connectivity index (χ0) is 13.5. The minimum Gasteiger partial charge on any atom is -0.329 e. The molecule has 0 radical (unpaired) electrons. The van der Waals surface area contributed by atoms with Crippen LogP contribution in [0.15, 0.2) is 35.7 Å². The summed E-state index contributed by atoms with van der Waals surface area (Å²) in [5.41, 5.74) is 8.18. The fraction of sp³-hybridized carbons (Fsp3) is 0.400. The first-order chi connectivity index (χ1) is 9.28. The number of aryl methyl sites for hydroxylation is 1. The van der Waals surface area contributed by atoms with Crippen molar-refractivity contribution in [1.82, 2.24) is 9.88 Å². The molecule has 20 heavy (non-hydrogen) atoms. The summed E-state index contributed by atoms with van der Waals surface area (Å²) in [4.78, 5) is 6.90. The molecule has 1 aromatic carbocycles. The molecule has 0 fully saturated rings. The van der Waals surface area contributed by atoms with Crippen molar-refractivity contribution in [3.8, 4) is 0 Å². The van der Waals surface area contributed by atoms with Gasteiger partial charge in [0.05, 0.1) is 6.54 Å². The van der Waals surface area contributed by atoms with Gasteiger partial charge in [0.25, 0.3) is 0 Å². The minimum absolute atomic E-state index is 0. The summed E-state index contributed by atoms with van der Waals surface area (Å²) in [7, 11) is 0. The third-order valence-corrected chi connectivity index (χ3v) is 3.98. The average Bonchev–Trinajstić information content (AvgIpc) is 2.83. The molecular weight excluding hydrogens is 290 g/mol. The third kappa shape index (κ3) is 5.59. The number of nitrogens with zero attached hydrogens (tertiary/aromatic N) is 2. The van der Waals surface area contributed by atoms with Gasteiger partial charge in [0.15, 0.2) is 0 Å². The van der Waals surface area contributed by atoms with Crippen molar-refractivity contribution in [2.75, 3.05) is 19.6 Å². The van der Waals surface area contributed by atoms with Crippen molar-refractivity contribution in [1.29, 1.82) is 0 Å². The van der Waals surface area contributed by atoms with Crippen molar-refractivity contribution in [3.63, 3.8) is 0 Å². The van der Waals surface area contributed by atoms with Crippen molar-refractivity contribution in [2.24, 2.45) is 5.73 Å². The van der Waals surface area contributed by atoms with Gasteiger partial charge in [-0.3, -0.25) is 4.90 Å². The molecule has 0 aliphatic carbocycles. The van der Waals surface area contributed by atoms with Gasteiger partial charge in [-0.15, -0.1) is 23.7 Å². The van der Waals surface area contributed by atoms with Crippen LogP contribution in [0.3, 0.4) is 0 Å². The van der Waals surface area contributed by atoms with E-state index in [4.69, 9.17) is 5.73 Å². The number of nitrogens with two attached hydrogens (primary N) is 1. The molecule has 0 saturated carbocycles. The summed E-state index contributed by atoms with van der Waals surface area (Å²) in [6.45, 7) is 5.59. The van der Waals surface area contributed by atoms with E-state index in [9.17, 15) is 0 Å². The predicted octanol–water partition coefficient (Wildman–Crippen LogP) is 2.88. The molecule has 3 nitrogen and oxygen atoms in total. The molecule has 0 atom stereocenters. The minimum atomic E-state index is 0. The Kier molecular flexibility index (Phi) is 7.77. The highest BCUT2D eigenvalue weighted by Crippen LogP contribution is 2.12. The van der Waals surface area contributed by atoms with Gasteiger partial charge >= 0.3 is 0 Å². The van der Waals surface area contributed by atoms with Gasteiger partial charge < -0.3 is 5.73 Å². The fourth-order valence-corrected chi connectivity index (χ4v) is 2.86. The summed E-state index contributed by atoms with van der Waals surface area (Å²) in [5, 5.41) is 3.28. The van der Waals surface area contributed by atoms with Crippen LogP contribution in [0.5, 0.6) is 0 Å². The van der Waals surface area contributed by atoms with Gasteiger partial charge in [0.1, 0.15) is 5.01 Å². The summed E-state index contributed by atoms with van der Waals surface area (Å²) in [6.07, 6.45) is 1.06. The van der Waals surface area contributed by atoms with Crippen molar-refractivity contribution in [2.45, 2.75) is 19.9 Å². The molecule has 0 unspecified atom stereocenters. The Morgan fingerprint density at radius 2 is 1.95 bits per heavy atom. The van der Waals surface area contributed by atoms with E-state index in [1.54, 1.807) is 11.3 Å². The molecular formula is C15H22ClN3S. The summed E-state index contributed by atoms with van der Waals surface area (Å²) >= 11 is 1.73. The third-order valence-electron chi connectivity index (χ3n) is 3.03. The second kappa shape index (κ2) is 9.08. The monoisotopic (exact) mass is 311 g/mol. The molecule has 2 rings (SSSR count). The Morgan fingerprint density at radius 1 is 1.20 bits per heavy atom. The lowest BCUT2D eigenvalue weighted by Crippen LogP contribution is -2.31. The van der Waals surface area contributed by atoms with Gasteiger partial charge in [0, 0.05) is 30.7 Å². The normalized spacial score (nSPS) is 10.6. The zero-order valence-corrected chi connectivity index (χ0v) is 13.4. The van der Waals surface area contributed by atoms with E-state index < -0.39 is 0 Å². The maximum Gasteiger partial charge on any atom is 0.107 e. The molecule has 1 aromatic heterocycles. The molecule has 5 heteroatoms. The van der Waals surface area contributed by atoms with Crippen molar-refractivity contribution >= 4 is 23.7 Å². The Morgan fingerprint density at radius 3 is 2.55 bits per heavy atom. The van der Waals surface area contributed by atoms with Gasteiger partial charge in [-0.1, -0.05) is 30.3 Å². The molecule has 2 N–H and O–H groups in total. The van der Waals surface area contributed by atoms with Crippen LogP contribution in [0.2, 0.25) is 0 Å². The van der Waals surface area contributed by atoms with Crippen LogP contribution in [0.4, 0.5) is 0 Å². The highest BCUT2D eigenvalue weighted by Gasteiger charge is 2.08. The van der Waals surface area contributed by atoms with E-state index in [0.717, 1.165) is 31.7 Å². The van der Waals surface area contributed by atoms with Crippen LogP contribution in [-0.4, -0.2) is 29.5 Å².